The largest absolute Gasteiger partial charge is 0.463 e. The van der Waals surface area contributed by atoms with Crippen molar-refractivity contribution in [1.82, 2.24) is 0 Å². The Morgan fingerprint density at radius 3 is 2.35 bits per heavy atom. The van der Waals surface area contributed by atoms with Gasteiger partial charge in [0.15, 0.2) is 0 Å². The van der Waals surface area contributed by atoms with Gasteiger partial charge in [0.25, 0.3) is 0 Å². The van der Waals surface area contributed by atoms with Crippen molar-refractivity contribution in [3.63, 3.8) is 0 Å². The Labute approximate surface area is 115 Å². The maximum Gasteiger partial charge on any atom is 0.398 e. The van der Waals surface area contributed by atoms with E-state index in [2.05, 4.69) is 0 Å². The number of carbonyl (C=O) groups is 1. The van der Waals surface area contributed by atoms with E-state index in [1.54, 1.807) is 37.3 Å². The molecule has 1 saturated carbocycles. The summed E-state index contributed by atoms with van der Waals surface area (Å²) in [6.07, 6.45) is -3.35. The van der Waals surface area contributed by atoms with Crippen molar-refractivity contribution in [2.45, 2.75) is 25.9 Å². The summed E-state index contributed by atoms with van der Waals surface area (Å²) in [5.74, 6) is -0.734. The van der Waals surface area contributed by atoms with Gasteiger partial charge in [0.2, 0.25) is 0 Å². The Hall–Kier alpha value is -1.78. The van der Waals surface area contributed by atoms with Gasteiger partial charge in [-0.3, -0.25) is 0 Å². The fourth-order valence-electron chi connectivity index (χ4n) is 2.25. The zero-order valence-electron chi connectivity index (χ0n) is 11.0. The van der Waals surface area contributed by atoms with Gasteiger partial charge in [0, 0.05) is 6.08 Å². The molecule has 1 aliphatic carbocycles. The van der Waals surface area contributed by atoms with Gasteiger partial charge in [0.05, 0.1) is 12.0 Å². The number of halogens is 3. The van der Waals surface area contributed by atoms with Crippen molar-refractivity contribution in [1.29, 1.82) is 0 Å². The molecule has 1 aliphatic rings. The lowest BCUT2D eigenvalue weighted by atomic mass is 9.88. The highest BCUT2D eigenvalue weighted by Gasteiger charge is 2.65. The van der Waals surface area contributed by atoms with Gasteiger partial charge in [-0.05, 0) is 30.9 Å². The lowest BCUT2D eigenvalue weighted by molar-refractivity contribution is -0.168. The van der Waals surface area contributed by atoms with Crippen LogP contribution in [0.15, 0.2) is 36.4 Å². The van der Waals surface area contributed by atoms with Crippen LogP contribution in [0.1, 0.15) is 25.3 Å². The number of carbonyl (C=O) groups excluding carboxylic acids is 1. The Kier molecular flexibility index (Phi) is 3.88. The molecular formula is C15H15F3O2. The number of allylic oxidation sites excluding steroid dienone is 1. The topological polar surface area (TPSA) is 26.3 Å². The molecule has 0 atom stereocenters. The summed E-state index contributed by atoms with van der Waals surface area (Å²) in [5, 5.41) is 0. The second kappa shape index (κ2) is 5.31. The molecule has 0 bridgehead atoms. The van der Waals surface area contributed by atoms with E-state index >= 15 is 0 Å². The minimum absolute atomic E-state index is 0.00375. The van der Waals surface area contributed by atoms with E-state index < -0.39 is 17.6 Å². The maximum absolute atomic E-state index is 13.3. The van der Waals surface area contributed by atoms with Crippen LogP contribution in [0.2, 0.25) is 0 Å². The van der Waals surface area contributed by atoms with Gasteiger partial charge in [-0.25, -0.2) is 4.79 Å². The third kappa shape index (κ3) is 2.71. The highest BCUT2D eigenvalue weighted by molar-refractivity contribution is 5.93. The van der Waals surface area contributed by atoms with E-state index in [1.807, 2.05) is 0 Å². The van der Waals surface area contributed by atoms with Crippen LogP contribution >= 0.6 is 0 Å². The van der Waals surface area contributed by atoms with Gasteiger partial charge >= 0.3 is 12.1 Å². The number of rotatable bonds is 4. The molecule has 0 amide bonds. The Balaban J connectivity index is 2.44. The summed E-state index contributed by atoms with van der Waals surface area (Å²) < 4.78 is 44.6. The first-order chi connectivity index (χ1) is 9.40. The zero-order valence-corrected chi connectivity index (χ0v) is 11.0. The molecule has 2 rings (SSSR count). The van der Waals surface area contributed by atoms with Crippen LogP contribution in [-0.4, -0.2) is 18.8 Å². The average molecular weight is 284 g/mol. The Morgan fingerprint density at radius 2 is 1.90 bits per heavy atom. The number of esters is 1. The highest BCUT2D eigenvalue weighted by atomic mass is 19.4. The zero-order chi connectivity index (χ0) is 14.8. The number of benzene rings is 1. The van der Waals surface area contributed by atoms with Gasteiger partial charge < -0.3 is 4.74 Å². The first-order valence-corrected chi connectivity index (χ1v) is 6.42. The summed E-state index contributed by atoms with van der Waals surface area (Å²) in [6, 6.07) is 8.19. The highest BCUT2D eigenvalue weighted by Crippen LogP contribution is 2.64. The summed E-state index contributed by atoms with van der Waals surface area (Å²) >= 11 is 0. The van der Waals surface area contributed by atoms with Crippen molar-refractivity contribution in [2.75, 3.05) is 6.61 Å². The normalized spacial score (nSPS) is 17.7. The second-order valence-corrected chi connectivity index (χ2v) is 4.76. The molecular weight excluding hydrogens is 269 g/mol. The van der Waals surface area contributed by atoms with Gasteiger partial charge in [-0.15, -0.1) is 0 Å². The van der Waals surface area contributed by atoms with E-state index in [1.165, 1.54) is 0 Å². The van der Waals surface area contributed by atoms with E-state index in [-0.39, 0.29) is 25.0 Å². The molecule has 108 valence electrons. The fraction of sp³-hybridized carbons (Fsp3) is 0.400. The predicted octanol–water partition coefficient (Wildman–Crippen LogP) is 3.98. The number of ether oxygens (including phenoxy) is 1. The number of hydrogen-bond acceptors (Lipinski definition) is 2. The summed E-state index contributed by atoms with van der Waals surface area (Å²) in [7, 11) is 0. The van der Waals surface area contributed by atoms with Crippen LogP contribution < -0.4 is 0 Å². The van der Waals surface area contributed by atoms with E-state index in [9.17, 15) is 18.0 Å². The summed E-state index contributed by atoms with van der Waals surface area (Å²) in [4.78, 5) is 11.6. The lowest BCUT2D eigenvalue weighted by Gasteiger charge is -2.23. The summed E-state index contributed by atoms with van der Waals surface area (Å²) in [5.41, 5.74) is -1.49. The van der Waals surface area contributed by atoms with Crippen molar-refractivity contribution in [3.05, 3.63) is 42.0 Å². The number of hydrogen-bond donors (Lipinski definition) is 0. The van der Waals surface area contributed by atoms with Crippen LogP contribution in [0.4, 0.5) is 13.2 Å². The van der Waals surface area contributed by atoms with Gasteiger partial charge in [0.1, 0.15) is 0 Å². The molecule has 1 aromatic carbocycles. The molecule has 20 heavy (non-hydrogen) atoms. The van der Waals surface area contributed by atoms with Crippen LogP contribution in [-0.2, 0) is 9.53 Å². The van der Waals surface area contributed by atoms with Crippen molar-refractivity contribution in [2.24, 2.45) is 5.41 Å². The molecule has 0 N–H and O–H groups in total. The molecule has 5 heteroatoms. The minimum Gasteiger partial charge on any atom is -0.463 e. The van der Waals surface area contributed by atoms with Crippen LogP contribution in [0, 0.1) is 5.41 Å². The molecule has 0 saturated heterocycles. The van der Waals surface area contributed by atoms with E-state index in [4.69, 9.17) is 4.74 Å². The monoisotopic (exact) mass is 284 g/mol. The molecule has 0 radical (unpaired) electrons. The molecule has 0 unspecified atom stereocenters. The predicted molar refractivity (Wildman–Crippen MR) is 68.8 cm³/mol. The fourth-order valence-corrected chi connectivity index (χ4v) is 2.25. The van der Waals surface area contributed by atoms with Gasteiger partial charge in [-0.1, -0.05) is 30.3 Å². The third-order valence-corrected chi connectivity index (χ3v) is 3.44. The molecule has 0 aromatic heterocycles. The summed E-state index contributed by atoms with van der Waals surface area (Å²) in [6.45, 7) is 1.75. The molecule has 0 heterocycles. The standard InChI is InChI=1S/C15H15F3O2/c1-2-20-13(19)10-12(11-6-4-3-5-7-11)14(8-9-14)15(16,17)18/h3-7,10H,2,8-9H2,1H3/b12-10-. The molecule has 2 nitrogen and oxygen atoms in total. The average Bonchev–Trinajstić information content (AvgIpc) is 3.18. The first kappa shape index (κ1) is 14.6. The molecule has 0 spiro atoms. The van der Waals surface area contributed by atoms with E-state index in [0.29, 0.717) is 5.56 Å². The van der Waals surface area contributed by atoms with E-state index in [0.717, 1.165) is 6.08 Å². The number of alkyl halides is 3. The Bertz CT molecular complexity index is 514. The quantitative estimate of drug-likeness (QED) is 0.617. The lowest BCUT2D eigenvalue weighted by Crippen LogP contribution is -2.26. The SMILES string of the molecule is CCOC(=O)/C=C(/c1ccccc1)C1(C(F)(F)F)CC1. The second-order valence-electron chi connectivity index (χ2n) is 4.76. The molecule has 1 aromatic rings. The van der Waals surface area contributed by atoms with Gasteiger partial charge in [-0.2, -0.15) is 13.2 Å². The van der Waals surface area contributed by atoms with Crippen molar-refractivity contribution >= 4 is 11.5 Å². The smallest absolute Gasteiger partial charge is 0.398 e. The van der Waals surface area contributed by atoms with Crippen LogP contribution in [0.5, 0.6) is 0 Å². The van der Waals surface area contributed by atoms with Crippen molar-refractivity contribution in [3.8, 4) is 0 Å². The third-order valence-electron chi connectivity index (χ3n) is 3.44. The van der Waals surface area contributed by atoms with Crippen molar-refractivity contribution < 1.29 is 22.7 Å². The van der Waals surface area contributed by atoms with Crippen LogP contribution in [0.3, 0.4) is 0 Å². The molecule has 1 fully saturated rings. The maximum atomic E-state index is 13.3. The molecule has 0 aliphatic heterocycles. The Morgan fingerprint density at radius 1 is 1.30 bits per heavy atom. The van der Waals surface area contributed by atoms with Crippen LogP contribution in [0.25, 0.3) is 5.57 Å². The first-order valence-electron chi connectivity index (χ1n) is 6.42. The minimum atomic E-state index is -4.36.